The number of primary amides is 1. The molecule has 0 spiro atoms. The van der Waals surface area contributed by atoms with Crippen LogP contribution in [0.3, 0.4) is 0 Å². The molecule has 1 atom stereocenters. The van der Waals surface area contributed by atoms with Gasteiger partial charge >= 0.3 is 0 Å². The highest BCUT2D eigenvalue weighted by atomic mass is 16.3. The van der Waals surface area contributed by atoms with Gasteiger partial charge < -0.3 is 15.1 Å². The van der Waals surface area contributed by atoms with Crippen molar-refractivity contribution in [3.63, 3.8) is 0 Å². The van der Waals surface area contributed by atoms with E-state index in [4.69, 9.17) is 10.2 Å². The zero-order valence-electron chi connectivity index (χ0n) is 13.3. The van der Waals surface area contributed by atoms with E-state index in [0.29, 0.717) is 17.9 Å². The minimum atomic E-state index is -0.555. The molecule has 0 radical (unpaired) electrons. The van der Waals surface area contributed by atoms with Gasteiger partial charge in [-0.2, -0.15) is 5.10 Å². The number of amides is 2. The van der Waals surface area contributed by atoms with Crippen molar-refractivity contribution in [1.82, 2.24) is 15.1 Å². The molecule has 0 unspecified atom stereocenters. The quantitative estimate of drug-likeness (QED) is 0.899. The number of rotatable bonds is 3. The molecule has 1 fully saturated rings. The van der Waals surface area contributed by atoms with Crippen LogP contribution in [0.4, 0.5) is 0 Å². The fourth-order valence-electron chi connectivity index (χ4n) is 3.10. The summed E-state index contributed by atoms with van der Waals surface area (Å²) in [6.07, 6.45) is 1.84. The average molecular weight is 316 g/mol. The van der Waals surface area contributed by atoms with Crippen LogP contribution < -0.4 is 5.73 Å². The standard InChI is InChI=1S/C16H20N4O3/c1-9-6-12(10(2)23-9)16(22)20-5-3-4-11(8-20)13-7-14(15(17)21)19-18-13/h6-7,11H,3-5,8H2,1-2H3,(H2,17,21)(H,18,19)/t11-/m1/s1. The summed E-state index contributed by atoms with van der Waals surface area (Å²) in [5, 5.41) is 6.78. The van der Waals surface area contributed by atoms with Crippen molar-refractivity contribution < 1.29 is 14.0 Å². The van der Waals surface area contributed by atoms with Gasteiger partial charge in [-0.05, 0) is 38.8 Å². The first-order valence-corrected chi connectivity index (χ1v) is 7.67. The van der Waals surface area contributed by atoms with Crippen LogP contribution in [0.15, 0.2) is 16.5 Å². The Bertz CT molecular complexity index is 746. The van der Waals surface area contributed by atoms with Crippen LogP contribution in [0.25, 0.3) is 0 Å². The Morgan fingerprint density at radius 3 is 2.78 bits per heavy atom. The van der Waals surface area contributed by atoms with Gasteiger partial charge in [0.05, 0.1) is 5.56 Å². The normalized spacial score (nSPS) is 18.2. The van der Waals surface area contributed by atoms with Crippen LogP contribution in [0.5, 0.6) is 0 Å². The van der Waals surface area contributed by atoms with Crippen molar-refractivity contribution in [1.29, 1.82) is 0 Å². The van der Waals surface area contributed by atoms with Crippen molar-refractivity contribution in [2.45, 2.75) is 32.6 Å². The summed E-state index contributed by atoms with van der Waals surface area (Å²) in [6.45, 7) is 4.94. The van der Waals surface area contributed by atoms with Gasteiger partial charge in [0.2, 0.25) is 0 Å². The second kappa shape index (κ2) is 5.91. The Hall–Kier alpha value is -2.57. The monoisotopic (exact) mass is 316 g/mol. The molecule has 23 heavy (non-hydrogen) atoms. The van der Waals surface area contributed by atoms with Crippen LogP contribution in [-0.4, -0.2) is 40.0 Å². The summed E-state index contributed by atoms with van der Waals surface area (Å²) < 4.78 is 5.45. The number of likely N-dealkylation sites (tertiary alicyclic amines) is 1. The number of aryl methyl sites for hydroxylation is 2. The minimum absolute atomic E-state index is 0.0151. The third kappa shape index (κ3) is 2.99. The van der Waals surface area contributed by atoms with Crippen molar-refractivity contribution in [3.05, 3.63) is 40.6 Å². The van der Waals surface area contributed by atoms with E-state index in [1.54, 1.807) is 19.1 Å². The lowest BCUT2D eigenvalue weighted by atomic mass is 9.94. The number of nitrogens with one attached hydrogen (secondary N) is 1. The maximum atomic E-state index is 12.7. The zero-order chi connectivity index (χ0) is 16.6. The number of carbonyl (C=O) groups is 2. The second-order valence-electron chi connectivity index (χ2n) is 5.99. The molecule has 2 aromatic rings. The predicted molar refractivity (Wildman–Crippen MR) is 83.2 cm³/mol. The number of aromatic amines is 1. The van der Waals surface area contributed by atoms with Crippen molar-refractivity contribution in [2.75, 3.05) is 13.1 Å². The molecular weight excluding hydrogens is 296 g/mol. The van der Waals surface area contributed by atoms with E-state index in [-0.39, 0.29) is 17.5 Å². The van der Waals surface area contributed by atoms with E-state index in [0.717, 1.165) is 30.8 Å². The first kappa shape index (κ1) is 15.3. The molecule has 122 valence electrons. The molecule has 1 aliphatic heterocycles. The molecular formula is C16H20N4O3. The van der Waals surface area contributed by atoms with Crippen LogP contribution in [0.1, 0.15) is 56.8 Å². The third-order valence-electron chi connectivity index (χ3n) is 4.27. The number of piperidine rings is 1. The Morgan fingerprint density at radius 2 is 2.17 bits per heavy atom. The van der Waals surface area contributed by atoms with Gasteiger partial charge in [-0.1, -0.05) is 0 Å². The summed E-state index contributed by atoms with van der Waals surface area (Å²) >= 11 is 0. The number of H-pyrrole nitrogens is 1. The average Bonchev–Trinajstić information content (AvgIpc) is 3.13. The molecule has 3 heterocycles. The predicted octanol–water partition coefficient (Wildman–Crippen LogP) is 1.74. The Morgan fingerprint density at radius 1 is 1.39 bits per heavy atom. The van der Waals surface area contributed by atoms with Gasteiger partial charge in [0, 0.05) is 24.7 Å². The molecule has 1 saturated heterocycles. The number of carbonyl (C=O) groups excluding carboxylic acids is 2. The molecule has 3 rings (SSSR count). The Labute approximate surface area is 133 Å². The molecule has 2 aromatic heterocycles. The Balaban J connectivity index is 1.76. The van der Waals surface area contributed by atoms with E-state index in [2.05, 4.69) is 10.2 Å². The van der Waals surface area contributed by atoms with Gasteiger partial charge in [0.1, 0.15) is 17.2 Å². The highest BCUT2D eigenvalue weighted by molar-refractivity contribution is 5.95. The summed E-state index contributed by atoms with van der Waals surface area (Å²) in [7, 11) is 0. The van der Waals surface area contributed by atoms with E-state index in [1.807, 2.05) is 11.8 Å². The van der Waals surface area contributed by atoms with Crippen molar-refractivity contribution in [3.8, 4) is 0 Å². The first-order chi connectivity index (χ1) is 11.0. The topological polar surface area (TPSA) is 105 Å². The Kier molecular flexibility index (Phi) is 3.94. The molecule has 0 saturated carbocycles. The molecule has 0 bridgehead atoms. The highest BCUT2D eigenvalue weighted by Gasteiger charge is 2.28. The molecule has 0 aromatic carbocycles. The lowest BCUT2D eigenvalue weighted by Gasteiger charge is -2.32. The largest absolute Gasteiger partial charge is 0.466 e. The lowest BCUT2D eigenvalue weighted by molar-refractivity contribution is 0.0704. The SMILES string of the molecule is Cc1cc(C(=O)N2CCC[C@@H](c3cc(C(N)=O)n[nH]3)C2)c(C)o1. The summed E-state index contributed by atoms with van der Waals surface area (Å²) in [5.41, 5.74) is 6.92. The highest BCUT2D eigenvalue weighted by Crippen LogP contribution is 2.27. The van der Waals surface area contributed by atoms with Gasteiger partial charge in [-0.25, -0.2) is 0 Å². The lowest BCUT2D eigenvalue weighted by Crippen LogP contribution is -2.39. The fraction of sp³-hybridized carbons (Fsp3) is 0.438. The van der Waals surface area contributed by atoms with Crippen LogP contribution in [0, 0.1) is 13.8 Å². The van der Waals surface area contributed by atoms with Gasteiger partial charge in [-0.15, -0.1) is 0 Å². The third-order valence-corrected chi connectivity index (χ3v) is 4.27. The summed E-state index contributed by atoms with van der Waals surface area (Å²) in [6, 6.07) is 3.46. The molecule has 1 aliphatic rings. The van der Waals surface area contributed by atoms with Crippen LogP contribution >= 0.6 is 0 Å². The van der Waals surface area contributed by atoms with Crippen LogP contribution in [0.2, 0.25) is 0 Å². The number of furan rings is 1. The van der Waals surface area contributed by atoms with E-state index < -0.39 is 5.91 Å². The number of nitrogens with two attached hydrogens (primary N) is 1. The number of aromatic nitrogens is 2. The maximum absolute atomic E-state index is 12.7. The van der Waals surface area contributed by atoms with Gasteiger partial charge in [0.15, 0.2) is 0 Å². The fourth-order valence-corrected chi connectivity index (χ4v) is 3.10. The van der Waals surface area contributed by atoms with Gasteiger partial charge in [-0.3, -0.25) is 14.7 Å². The van der Waals surface area contributed by atoms with Gasteiger partial charge in [0.25, 0.3) is 11.8 Å². The number of nitrogens with zero attached hydrogens (tertiary/aromatic N) is 2. The molecule has 2 amide bonds. The minimum Gasteiger partial charge on any atom is -0.466 e. The van der Waals surface area contributed by atoms with E-state index in [9.17, 15) is 9.59 Å². The second-order valence-corrected chi connectivity index (χ2v) is 5.99. The zero-order valence-corrected chi connectivity index (χ0v) is 13.3. The number of hydrogen-bond acceptors (Lipinski definition) is 4. The van der Waals surface area contributed by atoms with E-state index in [1.165, 1.54) is 0 Å². The first-order valence-electron chi connectivity index (χ1n) is 7.67. The van der Waals surface area contributed by atoms with E-state index >= 15 is 0 Å². The molecule has 7 nitrogen and oxygen atoms in total. The summed E-state index contributed by atoms with van der Waals surface area (Å²) in [4.78, 5) is 25.7. The van der Waals surface area contributed by atoms with Crippen molar-refractivity contribution in [2.24, 2.45) is 5.73 Å². The molecule has 3 N–H and O–H groups in total. The molecule has 7 heteroatoms. The van der Waals surface area contributed by atoms with Crippen molar-refractivity contribution >= 4 is 11.8 Å². The van der Waals surface area contributed by atoms with Crippen LogP contribution in [-0.2, 0) is 0 Å². The molecule has 0 aliphatic carbocycles. The maximum Gasteiger partial charge on any atom is 0.269 e. The summed E-state index contributed by atoms with van der Waals surface area (Å²) in [5.74, 6) is 0.937. The smallest absolute Gasteiger partial charge is 0.269 e. The number of hydrogen-bond donors (Lipinski definition) is 2.